The molecule has 0 heterocycles. The van der Waals surface area contributed by atoms with Crippen molar-refractivity contribution in [2.75, 3.05) is 7.05 Å². The van der Waals surface area contributed by atoms with Gasteiger partial charge in [-0.3, -0.25) is 4.79 Å². The normalized spacial score (nSPS) is 10.2. The Morgan fingerprint density at radius 2 is 1.68 bits per heavy atom. The van der Waals surface area contributed by atoms with Gasteiger partial charge in [0, 0.05) is 18.6 Å². The van der Waals surface area contributed by atoms with Crippen molar-refractivity contribution in [1.82, 2.24) is 4.90 Å². The van der Waals surface area contributed by atoms with Crippen LogP contribution in [0.5, 0.6) is 0 Å². The fourth-order valence-corrected chi connectivity index (χ4v) is 2.09. The minimum atomic E-state index is 0.0666. The molecule has 0 aromatic heterocycles. The summed E-state index contributed by atoms with van der Waals surface area (Å²) < 4.78 is 0. The number of hydrogen-bond donors (Lipinski definition) is 0. The van der Waals surface area contributed by atoms with Crippen molar-refractivity contribution in [3.63, 3.8) is 0 Å². The van der Waals surface area contributed by atoms with E-state index >= 15 is 0 Å². The predicted molar refractivity (Wildman–Crippen MR) is 78.1 cm³/mol. The summed E-state index contributed by atoms with van der Waals surface area (Å²) in [4.78, 5) is 13.9. The van der Waals surface area contributed by atoms with Crippen LogP contribution in [0.3, 0.4) is 0 Å². The van der Waals surface area contributed by atoms with Gasteiger partial charge in [0.05, 0.1) is 6.42 Å². The van der Waals surface area contributed by atoms with Crippen molar-refractivity contribution in [2.24, 2.45) is 0 Å². The van der Waals surface area contributed by atoms with Crippen LogP contribution in [0.25, 0.3) is 0 Å². The fraction of sp³-hybridized carbons (Fsp3) is 0.188. The molecule has 19 heavy (non-hydrogen) atoms. The number of nitrogens with zero attached hydrogens (tertiary/aromatic N) is 1. The van der Waals surface area contributed by atoms with Crippen molar-refractivity contribution in [1.29, 1.82) is 0 Å². The lowest BCUT2D eigenvalue weighted by atomic mass is 10.1. The second-order valence-electron chi connectivity index (χ2n) is 4.50. The maximum absolute atomic E-state index is 12.1. The molecule has 2 aromatic rings. The molecule has 0 aliphatic rings. The zero-order chi connectivity index (χ0) is 13.7. The van der Waals surface area contributed by atoms with Gasteiger partial charge < -0.3 is 4.90 Å². The first-order valence-corrected chi connectivity index (χ1v) is 6.56. The zero-order valence-electron chi connectivity index (χ0n) is 10.8. The molecule has 0 saturated heterocycles. The van der Waals surface area contributed by atoms with E-state index in [1.54, 1.807) is 11.0 Å². The van der Waals surface area contributed by atoms with E-state index in [2.05, 4.69) is 0 Å². The first kappa shape index (κ1) is 13.6. The summed E-state index contributed by atoms with van der Waals surface area (Å²) in [5.41, 5.74) is 1.99. The van der Waals surface area contributed by atoms with Crippen LogP contribution in [0.15, 0.2) is 54.6 Å². The maximum atomic E-state index is 12.1. The van der Waals surface area contributed by atoms with Gasteiger partial charge in [0.15, 0.2) is 0 Å². The Kier molecular flexibility index (Phi) is 4.58. The highest BCUT2D eigenvalue weighted by Crippen LogP contribution is 2.16. The van der Waals surface area contributed by atoms with Crippen LogP contribution in [0, 0.1) is 0 Å². The van der Waals surface area contributed by atoms with Gasteiger partial charge in [0.25, 0.3) is 0 Å². The summed E-state index contributed by atoms with van der Waals surface area (Å²) in [5.74, 6) is 0.0666. The Morgan fingerprint density at radius 3 is 2.37 bits per heavy atom. The Bertz CT molecular complexity index is 554. The predicted octanol–water partition coefficient (Wildman–Crippen LogP) is 3.54. The highest BCUT2D eigenvalue weighted by Gasteiger charge is 2.11. The summed E-state index contributed by atoms with van der Waals surface area (Å²) in [6.07, 6.45) is 0.336. The number of likely N-dealkylation sites (N-methyl/N-ethyl adjacent to an activating group) is 1. The Hall–Kier alpha value is -1.80. The lowest BCUT2D eigenvalue weighted by Crippen LogP contribution is -2.27. The molecule has 0 aliphatic heterocycles. The number of benzene rings is 2. The summed E-state index contributed by atoms with van der Waals surface area (Å²) in [6, 6.07) is 17.4. The van der Waals surface area contributed by atoms with E-state index in [1.165, 1.54) is 0 Å². The van der Waals surface area contributed by atoms with Gasteiger partial charge in [-0.1, -0.05) is 60.1 Å². The lowest BCUT2D eigenvalue weighted by Gasteiger charge is -2.17. The molecular formula is C16H16ClNO. The van der Waals surface area contributed by atoms with E-state index in [1.807, 2.05) is 55.6 Å². The van der Waals surface area contributed by atoms with Crippen LogP contribution >= 0.6 is 11.6 Å². The second kappa shape index (κ2) is 6.39. The Morgan fingerprint density at radius 1 is 1.05 bits per heavy atom. The first-order valence-electron chi connectivity index (χ1n) is 6.18. The molecule has 98 valence electrons. The van der Waals surface area contributed by atoms with Gasteiger partial charge in [0.1, 0.15) is 0 Å². The number of carbonyl (C=O) groups is 1. The molecule has 1 amide bonds. The number of amides is 1. The van der Waals surface area contributed by atoms with Crippen LogP contribution in [0.1, 0.15) is 11.1 Å². The molecule has 3 heteroatoms. The van der Waals surface area contributed by atoms with Gasteiger partial charge in [-0.2, -0.15) is 0 Å². The summed E-state index contributed by atoms with van der Waals surface area (Å²) in [5, 5.41) is 0.643. The van der Waals surface area contributed by atoms with Crippen molar-refractivity contribution >= 4 is 17.5 Å². The highest BCUT2D eigenvalue weighted by atomic mass is 35.5. The van der Waals surface area contributed by atoms with Gasteiger partial charge in [-0.15, -0.1) is 0 Å². The number of halogens is 1. The minimum absolute atomic E-state index is 0.0666. The molecule has 2 rings (SSSR count). The standard InChI is InChI=1S/C16H16ClNO/c1-18(12-13-7-3-2-4-8-13)16(19)11-14-9-5-6-10-15(14)17/h2-10H,11-12H2,1H3. The summed E-state index contributed by atoms with van der Waals surface area (Å²) in [6.45, 7) is 0.615. The second-order valence-corrected chi connectivity index (χ2v) is 4.91. The molecule has 0 N–H and O–H groups in total. The van der Waals surface area contributed by atoms with Crippen molar-refractivity contribution in [2.45, 2.75) is 13.0 Å². The SMILES string of the molecule is CN(Cc1ccccc1)C(=O)Cc1ccccc1Cl. The maximum Gasteiger partial charge on any atom is 0.227 e. The van der Waals surface area contributed by atoms with E-state index in [4.69, 9.17) is 11.6 Å². The van der Waals surface area contributed by atoms with Gasteiger partial charge in [-0.05, 0) is 17.2 Å². The van der Waals surface area contributed by atoms with E-state index < -0.39 is 0 Å². The monoisotopic (exact) mass is 273 g/mol. The smallest absolute Gasteiger partial charge is 0.227 e. The van der Waals surface area contributed by atoms with Crippen molar-refractivity contribution in [3.05, 3.63) is 70.7 Å². The molecule has 0 radical (unpaired) electrons. The molecule has 0 saturated carbocycles. The molecule has 0 atom stereocenters. The van der Waals surface area contributed by atoms with Crippen LogP contribution in [0.2, 0.25) is 5.02 Å². The third-order valence-electron chi connectivity index (χ3n) is 2.99. The lowest BCUT2D eigenvalue weighted by molar-refractivity contribution is -0.129. The molecule has 0 unspecified atom stereocenters. The van der Waals surface area contributed by atoms with Gasteiger partial charge in [0.2, 0.25) is 5.91 Å². The van der Waals surface area contributed by atoms with Gasteiger partial charge >= 0.3 is 0 Å². The fourth-order valence-electron chi connectivity index (χ4n) is 1.89. The number of carbonyl (C=O) groups excluding carboxylic acids is 1. The van der Waals surface area contributed by atoms with Crippen LogP contribution < -0.4 is 0 Å². The number of hydrogen-bond acceptors (Lipinski definition) is 1. The molecule has 0 aliphatic carbocycles. The Labute approximate surface area is 118 Å². The molecule has 0 bridgehead atoms. The zero-order valence-corrected chi connectivity index (χ0v) is 11.6. The molecule has 2 nitrogen and oxygen atoms in total. The average Bonchev–Trinajstić information content (AvgIpc) is 2.42. The quantitative estimate of drug-likeness (QED) is 0.834. The van der Waals surface area contributed by atoms with E-state index in [0.29, 0.717) is 18.0 Å². The van der Waals surface area contributed by atoms with Crippen LogP contribution in [0.4, 0.5) is 0 Å². The Balaban J connectivity index is 1.99. The average molecular weight is 274 g/mol. The van der Waals surface area contributed by atoms with E-state index in [0.717, 1.165) is 11.1 Å². The van der Waals surface area contributed by atoms with Crippen molar-refractivity contribution in [3.8, 4) is 0 Å². The van der Waals surface area contributed by atoms with Crippen molar-refractivity contribution < 1.29 is 4.79 Å². The summed E-state index contributed by atoms with van der Waals surface area (Å²) in [7, 11) is 1.81. The molecule has 0 fully saturated rings. The van der Waals surface area contributed by atoms with Crippen LogP contribution in [-0.4, -0.2) is 17.9 Å². The van der Waals surface area contributed by atoms with Crippen LogP contribution in [-0.2, 0) is 17.8 Å². The third kappa shape index (κ3) is 3.83. The van der Waals surface area contributed by atoms with Gasteiger partial charge in [-0.25, -0.2) is 0 Å². The molecule has 2 aromatic carbocycles. The number of rotatable bonds is 4. The largest absolute Gasteiger partial charge is 0.341 e. The topological polar surface area (TPSA) is 20.3 Å². The summed E-state index contributed by atoms with van der Waals surface area (Å²) >= 11 is 6.06. The minimum Gasteiger partial charge on any atom is -0.341 e. The third-order valence-corrected chi connectivity index (χ3v) is 3.36. The molecule has 0 spiro atoms. The van der Waals surface area contributed by atoms with E-state index in [-0.39, 0.29) is 5.91 Å². The first-order chi connectivity index (χ1) is 9.16. The molecular weight excluding hydrogens is 258 g/mol. The van der Waals surface area contributed by atoms with E-state index in [9.17, 15) is 4.79 Å². The highest BCUT2D eigenvalue weighted by molar-refractivity contribution is 6.31.